The molecule has 2 N–H and O–H groups in total. The van der Waals surface area contributed by atoms with Crippen LogP contribution in [0.15, 0.2) is 59.7 Å². The van der Waals surface area contributed by atoms with Crippen LogP contribution >= 0.6 is 0 Å². The van der Waals surface area contributed by atoms with Crippen molar-refractivity contribution >= 4 is 11.4 Å². The van der Waals surface area contributed by atoms with Crippen molar-refractivity contribution in [1.29, 1.82) is 0 Å². The maximum atomic E-state index is 5.70. The minimum Gasteiger partial charge on any atom is -0.497 e. The molecule has 0 amide bonds. The third kappa shape index (κ3) is 2.97. The summed E-state index contributed by atoms with van der Waals surface area (Å²) in [4.78, 5) is 0. The Bertz CT molecular complexity index is 637. The first-order valence-electron chi connectivity index (χ1n) is 7.56. The molecule has 1 aliphatic rings. The van der Waals surface area contributed by atoms with Crippen molar-refractivity contribution in [2.45, 2.75) is 18.9 Å². The van der Waals surface area contributed by atoms with E-state index in [1.807, 2.05) is 30.3 Å². The molecule has 4 heteroatoms. The van der Waals surface area contributed by atoms with Gasteiger partial charge in [-0.2, -0.15) is 5.10 Å². The molecule has 3 rings (SSSR count). The first-order valence-corrected chi connectivity index (χ1v) is 7.56. The van der Waals surface area contributed by atoms with Crippen molar-refractivity contribution in [2.75, 3.05) is 18.7 Å². The quantitative estimate of drug-likeness (QED) is 0.920. The van der Waals surface area contributed by atoms with Gasteiger partial charge < -0.3 is 10.5 Å². The number of methoxy groups -OCH3 is 1. The van der Waals surface area contributed by atoms with E-state index in [0.717, 1.165) is 30.0 Å². The van der Waals surface area contributed by atoms with Gasteiger partial charge in [0.25, 0.3) is 0 Å². The Morgan fingerprint density at radius 1 is 1.14 bits per heavy atom. The predicted octanol–water partition coefficient (Wildman–Crippen LogP) is 3.35. The van der Waals surface area contributed by atoms with Crippen molar-refractivity contribution in [2.24, 2.45) is 10.8 Å². The smallest absolute Gasteiger partial charge is 0.119 e. The summed E-state index contributed by atoms with van der Waals surface area (Å²) in [5, 5.41) is 6.89. The normalized spacial score (nSPS) is 17.5. The van der Waals surface area contributed by atoms with Crippen LogP contribution in [0.25, 0.3) is 0 Å². The molecule has 0 fully saturated rings. The summed E-state index contributed by atoms with van der Waals surface area (Å²) in [7, 11) is 1.68. The van der Waals surface area contributed by atoms with Gasteiger partial charge >= 0.3 is 0 Å². The predicted molar refractivity (Wildman–Crippen MR) is 90.4 cm³/mol. The van der Waals surface area contributed by atoms with Crippen LogP contribution in [0.2, 0.25) is 0 Å². The Hall–Kier alpha value is -2.33. The third-order valence-electron chi connectivity index (χ3n) is 3.93. The molecular weight excluding hydrogens is 274 g/mol. The molecule has 1 atom stereocenters. The molecule has 2 aromatic carbocycles. The lowest BCUT2D eigenvalue weighted by Crippen LogP contribution is -2.18. The van der Waals surface area contributed by atoms with Crippen LogP contribution in [-0.4, -0.2) is 19.4 Å². The highest BCUT2D eigenvalue weighted by atomic mass is 16.5. The Labute approximate surface area is 131 Å². The number of nitrogens with zero attached hydrogens (tertiary/aromatic N) is 2. The second-order valence-electron chi connectivity index (χ2n) is 5.38. The zero-order chi connectivity index (χ0) is 15.4. The molecule has 2 aromatic rings. The van der Waals surface area contributed by atoms with Crippen LogP contribution < -0.4 is 15.5 Å². The highest BCUT2D eigenvalue weighted by Gasteiger charge is 2.28. The average molecular weight is 295 g/mol. The van der Waals surface area contributed by atoms with E-state index in [0.29, 0.717) is 6.54 Å². The molecule has 1 heterocycles. The van der Waals surface area contributed by atoms with Gasteiger partial charge in [0.05, 0.1) is 18.8 Å². The summed E-state index contributed by atoms with van der Waals surface area (Å²) in [6, 6.07) is 18.7. The molecule has 22 heavy (non-hydrogen) atoms. The zero-order valence-electron chi connectivity index (χ0n) is 12.8. The Kier molecular flexibility index (Phi) is 4.39. The molecule has 0 saturated heterocycles. The minimum absolute atomic E-state index is 0.233. The highest BCUT2D eigenvalue weighted by molar-refractivity contribution is 5.89. The number of rotatable bonds is 5. The molecule has 0 radical (unpaired) electrons. The number of nitrogens with two attached hydrogens (primary N) is 1. The lowest BCUT2D eigenvalue weighted by molar-refractivity contribution is 0.415. The Balaban J connectivity index is 1.92. The molecular formula is C18H21N3O. The first-order chi connectivity index (χ1) is 10.8. The van der Waals surface area contributed by atoms with Crippen LogP contribution in [0, 0.1) is 0 Å². The summed E-state index contributed by atoms with van der Waals surface area (Å²) < 4.78 is 5.23. The van der Waals surface area contributed by atoms with Crippen molar-refractivity contribution in [3.8, 4) is 5.75 Å². The molecule has 0 saturated carbocycles. The summed E-state index contributed by atoms with van der Waals surface area (Å²) in [6.45, 7) is 0.636. The van der Waals surface area contributed by atoms with E-state index >= 15 is 0 Å². The average Bonchev–Trinajstić information content (AvgIpc) is 3.00. The minimum atomic E-state index is 0.233. The van der Waals surface area contributed by atoms with E-state index in [-0.39, 0.29) is 6.04 Å². The Morgan fingerprint density at radius 3 is 2.50 bits per heavy atom. The fourth-order valence-corrected chi connectivity index (χ4v) is 2.80. The number of hydrogen-bond acceptors (Lipinski definition) is 4. The topological polar surface area (TPSA) is 50.8 Å². The standard InChI is InChI=1S/C18H21N3O/c1-22-17-9-7-16(8-10-17)21-18(13-15(20-21)11-12-19)14-5-3-2-4-6-14/h2-10,18H,11-13,19H2,1H3. The lowest BCUT2D eigenvalue weighted by Gasteiger charge is -2.24. The molecule has 1 unspecified atom stereocenters. The van der Waals surface area contributed by atoms with Gasteiger partial charge in [-0.1, -0.05) is 30.3 Å². The highest BCUT2D eigenvalue weighted by Crippen LogP contribution is 2.36. The van der Waals surface area contributed by atoms with Gasteiger partial charge in [0, 0.05) is 12.1 Å². The van der Waals surface area contributed by atoms with Gasteiger partial charge in [0.2, 0.25) is 0 Å². The van der Waals surface area contributed by atoms with Crippen LogP contribution in [0.5, 0.6) is 5.75 Å². The van der Waals surface area contributed by atoms with Crippen molar-refractivity contribution in [3.05, 3.63) is 60.2 Å². The Morgan fingerprint density at radius 2 is 1.86 bits per heavy atom. The summed E-state index contributed by atoms with van der Waals surface area (Å²) in [5.74, 6) is 0.852. The van der Waals surface area contributed by atoms with Gasteiger partial charge in [-0.25, -0.2) is 0 Å². The van der Waals surface area contributed by atoms with E-state index in [1.165, 1.54) is 5.56 Å². The van der Waals surface area contributed by atoms with E-state index in [2.05, 4.69) is 29.3 Å². The van der Waals surface area contributed by atoms with Gasteiger partial charge in [-0.15, -0.1) is 0 Å². The summed E-state index contributed by atoms with van der Waals surface area (Å²) in [6.07, 6.45) is 1.77. The van der Waals surface area contributed by atoms with Gasteiger partial charge in [-0.3, -0.25) is 5.01 Å². The van der Waals surface area contributed by atoms with E-state index in [4.69, 9.17) is 15.6 Å². The molecule has 114 valence electrons. The monoisotopic (exact) mass is 295 g/mol. The molecule has 1 aliphatic heterocycles. The molecule has 4 nitrogen and oxygen atoms in total. The van der Waals surface area contributed by atoms with Crippen LogP contribution in [0.3, 0.4) is 0 Å². The summed E-state index contributed by atoms with van der Waals surface area (Å²) in [5.41, 5.74) is 9.20. The van der Waals surface area contributed by atoms with Gasteiger partial charge in [0.15, 0.2) is 0 Å². The third-order valence-corrected chi connectivity index (χ3v) is 3.93. The number of anilines is 1. The van der Waals surface area contributed by atoms with Crippen LogP contribution in [0.4, 0.5) is 5.69 Å². The fraction of sp³-hybridized carbons (Fsp3) is 0.278. The van der Waals surface area contributed by atoms with Gasteiger partial charge in [-0.05, 0) is 42.8 Å². The van der Waals surface area contributed by atoms with Crippen LogP contribution in [0.1, 0.15) is 24.4 Å². The molecule has 0 bridgehead atoms. The lowest BCUT2D eigenvalue weighted by atomic mass is 10.0. The number of benzene rings is 2. The van der Waals surface area contributed by atoms with Crippen LogP contribution in [-0.2, 0) is 0 Å². The van der Waals surface area contributed by atoms with E-state index in [1.54, 1.807) is 7.11 Å². The van der Waals surface area contributed by atoms with E-state index in [9.17, 15) is 0 Å². The molecule has 0 aromatic heterocycles. The summed E-state index contributed by atoms with van der Waals surface area (Å²) >= 11 is 0. The SMILES string of the molecule is COc1ccc(N2N=C(CCN)CC2c2ccccc2)cc1. The maximum Gasteiger partial charge on any atom is 0.119 e. The second-order valence-corrected chi connectivity index (χ2v) is 5.38. The van der Waals surface area contributed by atoms with Crippen molar-refractivity contribution < 1.29 is 4.74 Å². The maximum absolute atomic E-state index is 5.70. The molecule has 0 spiro atoms. The van der Waals surface area contributed by atoms with Crippen molar-refractivity contribution in [1.82, 2.24) is 0 Å². The first kappa shape index (κ1) is 14.6. The number of hydrogen-bond donors (Lipinski definition) is 1. The van der Waals surface area contributed by atoms with E-state index < -0.39 is 0 Å². The second kappa shape index (κ2) is 6.62. The zero-order valence-corrected chi connectivity index (χ0v) is 12.8. The fourth-order valence-electron chi connectivity index (χ4n) is 2.80. The number of hydrazone groups is 1. The van der Waals surface area contributed by atoms with Crippen molar-refractivity contribution in [3.63, 3.8) is 0 Å². The van der Waals surface area contributed by atoms with Gasteiger partial charge in [0.1, 0.15) is 5.75 Å². The largest absolute Gasteiger partial charge is 0.497 e. The molecule has 0 aliphatic carbocycles. The number of ether oxygens (including phenoxy) is 1.